The number of hydrogen-bond donors (Lipinski definition) is 0. The van der Waals surface area contributed by atoms with E-state index in [1.54, 1.807) is 4.90 Å². The standard InChI is InChI=1S/C20H33N3O2/c1-4-6-7-10-19(24)22(13-5-2)16-20(25)23(17-11-12-17)15-18-9-8-14-21(18)3/h8-9,14,17H,4-7,10-13,15-16H2,1-3H3. The summed E-state index contributed by atoms with van der Waals surface area (Å²) in [6, 6.07) is 4.41. The Morgan fingerprint density at radius 2 is 1.92 bits per heavy atom. The second-order valence-electron chi connectivity index (χ2n) is 7.14. The summed E-state index contributed by atoms with van der Waals surface area (Å²) in [5.41, 5.74) is 1.14. The van der Waals surface area contributed by atoms with Gasteiger partial charge in [-0.2, -0.15) is 0 Å². The molecule has 0 radical (unpaired) electrons. The molecule has 0 saturated heterocycles. The van der Waals surface area contributed by atoms with Crippen molar-refractivity contribution < 1.29 is 9.59 Å². The Morgan fingerprint density at radius 1 is 1.16 bits per heavy atom. The molecule has 25 heavy (non-hydrogen) atoms. The average Bonchev–Trinajstić information content (AvgIpc) is 3.35. The number of hydrogen-bond acceptors (Lipinski definition) is 2. The molecule has 0 spiro atoms. The zero-order valence-electron chi connectivity index (χ0n) is 16.0. The minimum atomic E-state index is 0.0843. The Hall–Kier alpha value is -1.78. The van der Waals surface area contributed by atoms with Crippen molar-refractivity contribution in [2.75, 3.05) is 13.1 Å². The highest BCUT2D eigenvalue weighted by molar-refractivity contribution is 5.85. The molecular formula is C20H33N3O2. The van der Waals surface area contributed by atoms with Gasteiger partial charge >= 0.3 is 0 Å². The molecule has 1 fully saturated rings. The van der Waals surface area contributed by atoms with Gasteiger partial charge in [-0.15, -0.1) is 0 Å². The third kappa shape index (κ3) is 5.91. The minimum absolute atomic E-state index is 0.0843. The van der Waals surface area contributed by atoms with Gasteiger partial charge in [0, 0.05) is 37.9 Å². The van der Waals surface area contributed by atoms with Crippen molar-refractivity contribution in [3.63, 3.8) is 0 Å². The van der Waals surface area contributed by atoms with E-state index in [4.69, 9.17) is 0 Å². The zero-order valence-corrected chi connectivity index (χ0v) is 16.0. The highest BCUT2D eigenvalue weighted by Gasteiger charge is 2.33. The lowest BCUT2D eigenvalue weighted by molar-refractivity contribution is -0.141. The predicted octanol–water partition coefficient (Wildman–Crippen LogP) is 3.34. The first-order chi connectivity index (χ1) is 12.1. The molecular weight excluding hydrogens is 314 g/mol. The average molecular weight is 348 g/mol. The monoisotopic (exact) mass is 347 g/mol. The quantitative estimate of drug-likeness (QED) is 0.576. The van der Waals surface area contributed by atoms with Crippen LogP contribution in [-0.2, 0) is 23.2 Å². The molecule has 5 nitrogen and oxygen atoms in total. The number of carbonyl (C=O) groups is 2. The Balaban J connectivity index is 1.96. The van der Waals surface area contributed by atoms with Gasteiger partial charge in [-0.05, 0) is 37.8 Å². The first-order valence-corrected chi connectivity index (χ1v) is 9.74. The maximum Gasteiger partial charge on any atom is 0.242 e. The van der Waals surface area contributed by atoms with Crippen LogP contribution < -0.4 is 0 Å². The van der Waals surface area contributed by atoms with Crippen molar-refractivity contribution in [1.82, 2.24) is 14.4 Å². The van der Waals surface area contributed by atoms with E-state index in [0.717, 1.165) is 44.2 Å². The fourth-order valence-corrected chi connectivity index (χ4v) is 3.14. The second-order valence-corrected chi connectivity index (χ2v) is 7.14. The summed E-state index contributed by atoms with van der Waals surface area (Å²) in [6.07, 6.45) is 8.69. The highest BCUT2D eigenvalue weighted by atomic mass is 16.2. The lowest BCUT2D eigenvalue weighted by Crippen LogP contribution is -2.44. The molecule has 0 atom stereocenters. The molecule has 0 aromatic carbocycles. The van der Waals surface area contributed by atoms with E-state index in [1.165, 1.54) is 0 Å². The molecule has 0 aliphatic heterocycles. The van der Waals surface area contributed by atoms with Crippen molar-refractivity contribution in [2.24, 2.45) is 7.05 Å². The summed E-state index contributed by atoms with van der Waals surface area (Å²) in [7, 11) is 2.01. The van der Waals surface area contributed by atoms with Crippen LogP contribution in [0.25, 0.3) is 0 Å². The van der Waals surface area contributed by atoms with Crippen LogP contribution in [0, 0.1) is 0 Å². The van der Waals surface area contributed by atoms with Gasteiger partial charge in [-0.25, -0.2) is 0 Å². The molecule has 1 aromatic heterocycles. The van der Waals surface area contributed by atoms with Crippen LogP contribution in [0.5, 0.6) is 0 Å². The van der Waals surface area contributed by atoms with Crippen molar-refractivity contribution in [3.8, 4) is 0 Å². The molecule has 2 amide bonds. The van der Waals surface area contributed by atoms with E-state index in [1.807, 2.05) is 24.2 Å². The topological polar surface area (TPSA) is 45.6 Å². The maximum absolute atomic E-state index is 12.9. The van der Waals surface area contributed by atoms with Gasteiger partial charge in [0.1, 0.15) is 0 Å². The van der Waals surface area contributed by atoms with Gasteiger partial charge in [0.05, 0.1) is 13.1 Å². The van der Waals surface area contributed by atoms with Crippen LogP contribution in [0.4, 0.5) is 0 Å². The molecule has 1 heterocycles. The molecule has 140 valence electrons. The van der Waals surface area contributed by atoms with Crippen LogP contribution in [0.2, 0.25) is 0 Å². The van der Waals surface area contributed by atoms with Gasteiger partial charge in [0.2, 0.25) is 11.8 Å². The third-order valence-corrected chi connectivity index (χ3v) is 4.86. The fourth-order valence-electron chi connectivity index (χ4n) is 3.14. The number of amides is 2. The maximum atomic E-state index is 12.9. The Kier molecular flexibility index (Phi) is 7.53. The lowest BCUT2D eigenvalue weighted by Gasteiger charge is -2.28. The number of nitrogens with zero attached hydrogens (tertiary/aromatic N) is 3. The van der Waals surface area contributed by atoms with E-state index in [9.17, 15) is 9.59 Å². The van der Waals surface area contributed by atoms with Crippen LogP contribution in [0.3, 0.4) is 0 Å². The van der Waals surface area contributed by atoms with Crippen LogP contribution in [0.1, 0.15) is 64.5 Å². The summed E-state index contributed by atoms with van der Waals surface area (Å²) in [5, 5.41) is 0. The number of carbonyl (C=O) groups excluding carboxylic acids is 2. The Bertz CT molecular complexity index is 563. The lowest BCUT2D eigenvalue weighted by atomic mass is 10.2. The predicted molar refractivity (Wildman–Crippen MR) is 100.0 cm³/mol. The van der Waals surface area contributed by atoms with E-state index >= 15 is 0 Å². The summed E-state index contributed by atoms with van der Waals surface area (Å²) < 4.78 is 2.06. The molecule has 1 aliphatic carbocycles. The molecule has 1 aliphatic rings. The van der Waals surface area contributed by atoms with Crippen molar-refractivity contribution >= 4 is 11.8 Å². The van der Waals surface area contributed by atoms with E-state index in [-0.39, 0.29) is 18.4 Å². The third-order valence-electron chi connectivity index (χ3n) is 4.86. The molecule has 5 heteroatoms. The van der Waals surface area contributed by atoms with Gasteiger partial charge in [-0.1, -0.05) is 26.7 Å². The van der Waals surface area contributed by atoms with Crippen LogP contribution in [-0.4, -0.2) is 45.3 Å². The summed E-state index contributed by atoms with van der Waals surface area (Å²) >= 11 is 0. The Labute approximate surface area is 152 Å². The van der Waals surface area contributed by atoms with E-state index in [0.29, 0.717) is 25.6 Å². The van der Waals surface area contributed by atoms with Crippen molar-refractivity contribution in [1.29, 1.82) is 0 Å². The second kappa shape index (κ2) is 9.64. The molecule has 0 N–H and O–H groups in total. The molecule has 0 unspecified atom stereocenters. The first-order valence-electron chi connectivity index (χ1n) is 9.74. The van der Waals surface area contributed by atoms with E-state index in [2.05, 4.69) is 24.5 Å². The zero-order chi connectivity index (χ0) is 18.2. The summed E-state index contributed by atoms with van der Waals surface area (Å²) in [4.78, 5) is 29.1. The normalized spacial score (nSPS) is 13.7. The number of aryl methyl sites for hydroxylation is 1. The smallest absolute Gasteiger partial charge is 0.242 e. The summed E-state index contributed by atoms with van der Waals surface area (Å²) in [6.45, 7) is 5.71. The number of rotatable bonds is 11. The largest absolute Gasteiger partial charge is 0.353 e. The summed E-state index contributed by atoms with van der Waals surface area (Å²) in [5.74, 6) is 0.208. The molecule has 2 rings (SSSR count). The van der Waals surface area contributed by atoms with Crippen molar-refractivity contribution in [2.45, 2.75) is 71.4 Å². The van der Waals surface area contributed by atoms with Gasteiger partial charge in [-0.3, -0.25) is 9.59 Å². The van der Waals surface area contributed by atoms with Gasteiger partial charge < -0.3 is 14.4 Å². The SMILES string of the molecule is CCCCCC(=O)N(CCC)CC(=O)N(Cc1cccn1C)C1CC1. The fraction of sp³-hybridized carbons (Fsp3) is 0.700. The van der Waals surface area contributed by atoms with Crippen LogP contribution in [0.15, 0.2) is 18.3 Å². The molecule has 1 aromatic rings. The highest BCUT2D eigenvalue weighted by Crippen LogP contribution is 2.28. The Morgan fingerprint density at radius 3 is 2.48 bits per heavy atom. The van der Waals surface area contributed by atoms with Crippen molar-refractivity contribution in [3.05, 3.63) is 24.0 Å². The molecule has 0 bridgehead atoms. The minimum Gasteiger partial charge on any atom is -0.353 e. The van der Waals surface area contributed by atoms with Crippen LogP contribution >= 0.6 is 0 Å². The number of unbranched alkanes of at least 4 members (excludes halogenated alkanes) is 2. The first kappa shape index (κ1) is 19.5. The van der Waals surface area contributed by atoms with Gasteiger partial charge in [0.15, 0.2) is 0 Å². The number of aromatic nitrogens is 1. The van der Waals surface area contributed by atoms with Gasteiger partial charge in [0.25, 0.3) is 0 Å². The molecule has 1 saturated carbocycles. The van der Waals surface area contributed by atoms with E-state index < -0.39 is 0 Å².